The lowest BCUT2D eigenvalue weighted by Gasteiger charge is -2.47. The van der Waals surface area contributed by atoms with Crippen molar-refractivity contribution in [2.75, 3.05) is 35.0 Å². The molecule has 6 N–H and O–H groups in total. The van der Waals surface area contributed by atoms with Crippen molar-refractivity contribution in [1.29, 1.82) is 0 Å². The van der Waals surface area contributed by atoms with Gasteiger partial charge in [0.1, 0.15) is 0 Å². The molecule has 0 aliphatic carbocycles. The molecule has 0 spiro atoms. The number of benzene rings is 2. The van der Waals surface area contributed by atoms with Gasteiger partial charge in [0.15, 0.2) is 0 Å². The number of anilines is 2. The lowest BCUT2D eigenvalue weighted by molar-refractivity contribution is 0.0830. The van der Waals surface area contributed by atoms with E-state index in [1.54, 1.807) is 16.4 Å². The Hall–Kier alpha value is -3.09. The number of aliphatic hydroxyl groups excluding tert-OH is 1. The number of carbonyl (C=O) groups is 1. The van der Waals surface area contributed by atoms with Gasteiger partial charge in [-0.1, -0.05) is 30.3 Å². The summed E-state index contributed by atoms with van der Waals surface area (Å²) in [6.45, 7) is 8.09. The number of aromatic nitrogens is 2. The van der Waals surface area contributed by atoms with Crippen molar-refractivity contribution >= 4 is 28.1 Å². The van der Waals surface area contributed by atoms with E-state index in [-0.39, 0.29) is 18.5 Å². The molecule has 0 unspecified atom stereocenters. The highest BCUT2D eigenvalue weighted by atomic mass is 32.3. The highest BCUT2D eigenvalue weighted by Crippen LogP contribution is 2.50. The van der Waals surface area contributed by atoms with Gasteiger partial charge in [-0.05, 0) is 63.8 Å². The molecule has 2 atom stereocenters. The van der Waals surface area contributed by atoms with Crippen molar-refractivity contribution in [1.82, 2.24) is 20.4 Å². The molecule has 1 saturated heterocycles. The zero-order valence-electron chi connectivity index (χ0n) is 24.2. The van der Waals surface area contributed by atoms with E-state index in [1.807, 2.05) is 60.4 Å². The Balaban J connectivity index is 1.51. The molecule has 2 heterocycles. The van der Waals surface area contributed by atoms with Crippen LogP contribution in [0.1, 0.15) is 61.1 Å². The van der Waals surface area contributed by atoms with Gasteiger partial charge >= 0.3 is 0 Å². The molecule has 1 aliphatic rings. The van der Waals surface area contributed by atoms with Crippen LogP contribution in [0.5, 0.6) is 0 Å². The molecule has 10 nitrogen and oxygen atoms in total. The second-order valence-electron chi connectivity index (χ2n) is 10.8. The number of carbonyl (C=O) groups excluding carboxylic acids is 1. The van der Waals surface area contributed by atoms with Crippen molar-refractivity contribution in [3.05, 3.63) is 77.6 Å². The van der Waals surface area contributed by atoms with Gasteiger partial charge in [0, 0.05) is 55.2 Å². The third-order valence-electron chi connectivity index (χ3n) is 7.18. The van der Waals surface area contributed by atoms with E-state index in [1.165, 1.54) is 0 Å². The number of amides is 1. The third-order valence-corrected chi connectivity index (χ3v) is 9.11. The number of rotatable bonds is 13. The first-order valence-corrected chi connectivity index (χ1v) is 16.0. The van der Waals surface area contributed by atoms with Crippen LogP contribution in [0.4, 0.5) is 11.4 Å². The molecule has 1 aromatic heterocycles. The first-order valence-electron chi connectivity index (χ1n) is 14.4. The van der Waals surface area contributed by atoms with Gasteiger partial charge < -0.3 is 21.1 Å². The highest BCUT2D eigenvalue weighted by molar-refractivity contribution is 8.25. The Kier molecular flexibility index (Phi) is 10.7. The van der Waals surface area contributed by atoms with Crippen LogP contribution in [0.15, 0.2) is 60.9 Å². The summed E-state index contributed by atoms with van der Waals surface area (Å²) < 4.78 is 24.9. The molecule has 0 radical (unpaired) electrons. The lowest BCUT2D eigenvalue weighted by Crippen LogP contribution is -2.48. The van der Waals surface area contributed by atoms with Gasteiger partial charge in [-0.15, -0.1) is 10.8 Å². The van der Waals surface area contributed by atoms with Gasteiger partial charge in [-0.2, -0.15) is 5.10 Å². The Labute approximate surface area is 244 Å². The molecule has 41 heavy (non-hydrogen) atoms. The lowest BCUT2D eigenvalue weighted by atomic mass is 10.00. The molecule has 3 aromatic rings. The molecular formula is C30H44N6O4S. The molecule has 1 fully saturated rings. The average Bonchev–Trinajstić information content (AvgIpc) is 3.42. The standard InChI is InChI=1S/C30H44N6O4S/c1-4-32-26-15-25(16-27(17-26)36-12-8-9-13-41(36,39)40)30(38)34-28(14-23-10-6-5-7-11-23)29(37)20-31-18-24-19-33-35(21-24)22(2)3/h5-7,10-11,15-17,19,21-22,28-29,31-32,37,39-40H,4,8-9,12-14,18,20H2,1-3H3,(H,34,38)/t28-,29+/m0/s1. The topological polar surface area (TPSA) is 135 Å². The van der Waals surface area contributed by atoms with E-state index in [4.69, 9.17) is 0 Å². The molecule has 2 aromatic carbocycles. The monoisotopic (exact) mass is 584 g/mol. The third kappa shape index (κ3) is 8.46. The van der Waals surface area contributed by atoms with Gasteiger partial charge in [-0.25, -0.2) is 0 Å². The van der Waals surface area contributed by atoms with E-state index in [0.717, 1.165) is 29.7 Å². The van der Waals surface area contributed by atoms with Crippen molar-refractivity contribution in [3.8, 4) is 0 Å². The van der Waals surface area contributed by atoms with Crippen molar-refractivity contribution in [2.45, 2.75) is 64.8 Å². The maximum Gasteiger partial charge on any atom is 0.251 e. The van der Waals surface area contributed by atoms with Crippen LogP contribution in [0.25, 0.3) is 0 Å². The zero-order valence-corrected chi connectivity index (χ0v) is 25.0. The second kappa shape index (κ2) is 14.2. The Bertz CT molecular complexity index is 1270. The van der Waals surface area contributed by atoms with E-state index in [0.29, 0.717) is 43.1 Å². The Morgan fingerprint density at radius 2 is 1.88 bits per heavy atom. The van der Waals surface area contributed by atoms with Gasteiger partial charge in [-0.3, -0.25) is 22.9 Å². The predicted octanol–water partition coefficient (Wildman–Crippen LogP) is 4.65. The quantitative estimate of drug-likeness (QED) is 0.171. The fourth-order valence-corrected chi connectivity index (χ4v) is 6.63. The number of nitrogens with zero attached hydrogens (tertiary/aromatic N) is 3. The molecule has 0 saturated carbocycles. The van der Waals surface area contributed by atoms with Crippen LogP contribution in [0, 0.1) is 0 Å². The van der Waals surface area contributed by atoms with E-state index < -0.39 is 22.9 Å². The van der Waals surface area contributed by atoms with Crippen LogP contribution in [0.3, 0.4) is 0 Å². The average molecular weight is 585 g/mol. The minimum Gasteiger partial charge on any atom is -0.390 e. The summed E-state index contributed by atoms with van der Waals surface area (Å²) in [6.07, 6.45) is 5.00. The Morgan fingerprint density at radius 1 is 1.10 bits per heavy atom. The van der Waals surface area contributed by atoms with E-state index in [9.17, 15) is 19.0 Å². The van der Waals surface area contributed by atoms with Crippen LogP contribution in [-0.4, -0.2) is 67.4 Å². The zero-order chi connectivity index (χ0) is 29.4. The molecule has 11 heteroatoms. The second-order valence-corrected chi connectivity index (χ2v) is 12.9. The Morgan fingerprint density at radius 3 is 2.56 bits per heavy atom. The summed E-state index contributed by atoms with van der Waals surface area (Å²) in [7, 11) is -2.94. The smallest absolute Gasteiger partial charge is 0.251 e. The summed E-state index contributed by atoms with van der Waals surface area (Å²) in [6, 6.07) is 14.8. The van der Waals surface area contributed by atoms with Crippen molar-refractivity contribution < 1.29 is 19.0 Å². The van der Waals surface area contributed by atoms with Crippen LogP contribution < -0.4 is 20.3 Å². The number of nitrogens with one attached hydrogen (secondary N) is 3. The van der Waals surface area contributed by atoms with Crippen LogP contribution in [0.2, 0.25) is 0 Å². The van der Waals surface area contributed by atoms with Crippen molar-refractivity contribution in [2.24, 2.45) is 0 Å². The van der Waals surface area contributed by atoms with Gasteiger partial charge in [0.2, 0.25) is 0 Å². The molecule has 1 amide bonds. The first-order chi connectivity index (χ1) is 19.7. The van der Waals surface area contributed by atoms with Crippen molar-refractivity contribution in [3.63, 3.8) is 0 Å². The molecular weight excluding hydrogens is 540 g/mol. The number of aliphatic hydroxyl groups is 1. The maximum absolute atomic E-state index is 13.6. The molecule has 1 aliphatic heterocycles. The summed E-state index contributed by atoms with van der Waals surface area (Å²) in [4.78, 5) is 13.6. The SMILES string of the molecule is CCNc1cc(C(=O)N[C@@H](Cc2ccccc2)[C@H](O)CNCc2cnn(C(C)C)c2)cc(N2CCCCS2(O)O)c1. The van der Waals surface area contributed by atoms with Gasteiger partial charge in [0.25, 0.3) is 5.91 Å². The van der Waals surface area contributed by atoms with Crippen LogP contribution >= 0.6 is 10.8 Å². The minimum absolute atomic E-state index is 0.272. The number of hydrogen-bond acceptors (Lipinski definition) is 8. The number of hydrogen-bond donors (Lipinski definition) is 6. The predicted molar refractivity (Wildman–Crippen MR) is 167 cm³/mol. The fraction of sp³-hybridized carbons (Fsp3) is 0.467. The summed E-state index contributed by atoms with van der Waals surface area (Å²) in [5, 5.41) is 25.2. The van der Waals surface area contributed by atoms with E-state index in [2.05, 4.69) is 34.9 Å². The van der Waals surface area contributed by atoms with Crippen LogP contribution in [-0.2, 0) is 13.0 Å². The molecule has 4 rings (SSSR count). The molecule has 224 valence electrons. The summed E-state index contributed by atoms with van der Waals surface area (Å²) in [5.41, 5.74) is 3.72. The summed E-state index contributed by atoms with van der Waals surface area (Å²) in [5.74, 6) is -0.0194. The normalized spacial score (nSPS) is 17.2. The minimum atomic E-state index is -2.94. The maximum atomic E-state index is 13.6. The van der Waals surface area contributed by atoms with E-state index >= 15 is 0 Å². The largest absolute Gasteiger partial charge is 0.390 e. The molecule has 0 bridgehead atoms. The summed E-state index contributed by atoms with van der Waals surface area (Å²) >= 11 is 0. The first kappa shape index (κ1) is 30.9. The van der Waals surface area contributed by atoms with Gasteiger partial charge in [0.05, 0.1) is 29.8 Å². The highest BCUT2D eigenvalue weighted by Gasteiger charge is 2.28. The fourth-order valence-electron chi connectivity index (χ4n) is 4.96.